The van der Waals surface area contributed by atoms with Gasteiger partial charge in [0.25, 0.3) is 0 Å². The lowest BCUT2D eigenvalue weighted by Crippen LogP contribution is -2.43. The minimum Gasteiger partial charge on any atom is -0.358 e. The Morgan fingerprint density at radius 3 is 2.86 bits per heavy atom. The zero-order chi connectivity index (χ0) is 10.4. The number of piperidine rings is 1. The van der Waals surface area contributed by atoms with Gasteiger partial charge in [0, 0.05) is 13.6 Å². The van der Waals surface area contributed by atoms with Crippen LogP contribution >= 0.6 is 0 Å². The molecule has 0 bridgehead atoms. The molecular formula is C9H17N3O2. The van der Waals surface area contributed by atoms with Crippen LogP contribution in [-0.2, 0) is 9.59 Å². The highest BCUT2D eigenvalue weighted by atomic mass is 16.2. The van der Waals surface area contributed by atoms with E-state index in [1.54, 1.807) is 7.05 Å². The van der Waals surface area contributed by atoms with Crippen molar-refractivity contribution in [1.29, 1.82) is 0 Å². The van der Waals surface area contributed by atoms with E-state index in [1.807, 2.05) is 0 Å². The van der Waals surface area contributed by atoms with Gasteiger partial charge >= 0.3 is 0 Å². The third-order valence-electron chi connectivity index (χ3n) is 2.37. The van der Waals surface area contributed by atoms with Crippen LogP contribution < -0.4 is 16.0 Å². The first kappa shape index (κ1) is 11.0. The van der Waals surface area contributed by atoms with E-state index in [9.17, 15) is 9.59 Å². The summed E-state index contributed by atoms with van der Waals surface area (Å²) in [5, 5.41) is 8.22. The lowest BCUT2D eigenvalue weighted by atomic mass is 9.99. The highest BCUT2D eigenvalue weighted by Gasteiger charge is 2.20. The maximum atomic E-state index is 11.5. The van der Waals surface area contributed by atoms with Gasteiger partial charge in [0.05, 0.1) is 12.5 Å². The van der Waals surface area contributed by atoms with Crippen molar-refractivity contribution in [2.75, 3.05) is 26.7 Å². The molecule has 1 aliphatic rings. The molecule has 3 N–H and O–H groups in total. The molecule has 1 heterocycles. The van der Waals surface area contributed by atoms with E-state index in [1.165, 1.54) is 0 Å². The third-order valence-corrected chi connectivity index (χ3v) is 2.37. The molecule has 0 radical (unpaired) electrons. The molecule has 2 amide bonds. The monoisotopic (exact) mass is 199 g/mol. The Balaban J connectivity index is 2.23. The summed E-state index contributed by atoms with van der Waals surface area (Å²) in [7, 11) is 1.55. The van der Waals surface area contributed by atoms with Crippen molar-refractivity contribution in [2.24, 2.45) is 5.92 Å². The van der Waals surface area contributed by atoms with Crippen molar-refractivity contribution >= 4 is 11.8 Å². The number of nitrogens with one attached hydrogen (secondary N) is 3. The normalized spacial score (nSPS) is 21.4. The quantitative estimate of drug-likeness (QED) is 0.537. The number of carbonyl (C=O) groups excluding carboxylic acids is 2. The fourth-order valence-electron chi connectivity index (χ4n) is 1.48. The Kier molecular flexibility index (Phi) is 4.39. The molecule has 5 nitrogen and oxygen atoms in total. The Morgan fingerprint density at radius 1 is 1.50 bits per heavy atom. The van der Waals surface area contributed by atoms with Crippen LogP contribution in [0.1, 0.15) is 12.8 Å². The van der Waals surface area contributed by atoms with Crippen molar-refractivity contribution in [1.82, 2.24) is 16.0 Å². The summed E-state index contributed by atoms with van der Waals surface area (Å²) in [5.41, 5.74) is 0. The second-order valence-electron chi connectivity index (χ2n) is 3.43. The molecule has 0 aromatic rings. The molecule has 1 atom stereocenters. The van der Waals surface area contributed by atoms with Crippen LogP contribution in [0.3, 0.4) is 0 Å². The summed E-state index contributed by atoms with van der Waals surface area (Å²) in [6, 6.07) is 0. The van der Waals surface area contributed by atoms with E-state index in [2.05, 4.69) is 16.0 Å². The second-order valence-corrected chi connectivity index (χ2v) is 3.43. The van der Waals surface area contributed by atoms with Crippen LogP contribution in [0.15, 0.2) is 0 Å². The first-order valence-corrected chi connectivity index (χ1v) is 4.93. The standard InChI is InChI=1S/C9H17N3O2/c1-10-8(13)6-12-9(14)7-3-2-4-11-5-7/h7,11H,2-6H2,1H3,(H,10,13)(H,12,14)/t7-/m0/s1. The maximum Gasteiger partial charge on any atom is 0.239 e. The van der Waals surface area contributed by atoms with Gasteiger partial charge in [0.1, 0.15) is 0 Å². The fourth-order valence-corrected chi connectivity index (χ4v) is 1.48. The molecule has 0 unspecified atom stereocenters. The first-order chi connectivity index (χ1) is 6.74. The molecule has 0 aromatic heterocycles. The molecule has 1 saturated heterocycles. The van der Waals surface area contributed by atoms with E-state index in [-0.39, 0.29) is 24.3 Å². The lowest BCUT2D eigenvalue weighted by molar-refractivity contribution is -0.128. The Morgan fingerprint density at radius 2 is 2.29 bits per heavy atom. The molecule has 5 heteroatoms. The zero-order valence-corrected chi connectivity index (χ0v) is 8.43. The third kappa shape index (κ3) is 3.33. The molecule has 1 aliphatic heterocycles. The first-order valence-electron chi connectivity index (χ1n) is 4.93. The van der Waals surface area contributed by atoms with Crippen molar-refractivity contribution < 1.29 is 9.59 Å². The molecular weight excluding hydrogens is 182 g/mol. The number of amides is 2. The Labute approximate surface area is 83.6 Å². The van der Waals surface area contributed by atoms with Gasteiger partial charge < -0.3 is 16.0 Å². The van der Waals surface area contributed by atoms with Gasteiger partial charge in [0.2, 0.25) is 11.8 Å². The summed E-state index contributed by atoms with van der Waals surface area (Å²) in [5.74, 6) is -0.170. The predicted molar refractivity (Wildman–Crippen MR) is 52.7 cm³/mol. The van der Waals surface area contributed by atoms with Crippen LogP contribution in [-0.4, -0.2) is 38.5 Å². The van der Waals surface area contributed by atoms with Gasteiger partial charge in [-0.2, -0.15) is 0 Å². The number of hydrogen-bond donors (Lipinski definition) is 3. The lowest BCUT2D eigenvalue weighted by Gasteiger charge is -2.21. The minimum absolute atomic E-state index is 0.0217. The van der Waals surface area contributed by atoms with Gasteiger partial charge in [0.15, 0.2) is 0 Å². The number of likely N-dealkylation sites (N-methyl/N-ethyl adjacent to an activating group) is 1. The number of rotatable bonds is 3. The molecule has 1 fully saturated rings. The minimum atomic E-state index is -0.165. The molecule has 0 saturated carbocycles. The average Bonchev–Trinajstić information content (AvgIpc) is 2.26. The van der Waals surface area contributed by atoms with Gasteiger partial charge in [-0.15, -0.1) is 0 Å². The van der Waals surface area contributed by atoms with Gasteiger partial charge in [-0.1, -0.05) is 0 Å². The predicted octanol–water partition coefficient (Wildman–Crippen LogP) is -1.15. The second kappa shape index (κ2) is 5.59. The topological polar surface area (TPSA) is 70.2 Å². The molecule has 1 rings (SSSR count). The van der Waals surface area contributed by atoms with Crippen LogP contribution in [0.4, 0.5) is 0 Å². The average molecular weight is 199 g/mol. The van der Waals surface area contributed by atoms with Crippen molar-refractivity contribution in [2.45, 2.75) is 12.8 Å². The van der Waals surface area contributed by atoms with Gasteiger partial charge in [-0.05, 0) is 19.4 Å². The number of carbonyl (C=O) groups is 2. The highest BCUT2D eigenvalue weighted by molar-refractivity contribution is 5.85. The summed E-state index contributed by atoms with van der Waals surface area (Å²) in [6.45, 7) is 1.78. The molecule has 80 valence electrons. The number of hydrogen-bond acceptors (Lipinski definition) is 3. The van der Waals surface area contributed by atoms with E-state index in [0.717, 1.165) is 25.9 Å². The molecule has 0 spiro atoms. The van der Waals surface area contributed by atoms with Crippen LogP contribution in [0.2, 0.25) is 0 Å². The van der Waals surface area contributed by atoms with Crippen molar-refractivity contribution in [3.05, 3.63) is 0 Å². The van der Waals surface area contributed by atoms with Crippen molar-refractivity contribution in [3.63, 3.8) is 0 Å². The van der Waals surface area contributed by atoms with Crippen LogP contribution in [0.5, 0.6) is 0 Å². The summed E-state index contributed by atoms with van der Waals surface area (Å²) < 4.78 is 0. The maximum absolute atomic E-state index is 11.5. The summed E-state index contributed by atoms with van der Waals surface area (Å²) in [4.78, 5) is 22.3. The molecule has 14 heavy (non-hydrogen) atoms. The Hall–Kier alpha value is -1.10. The highest BCUT2D eigenvalue weighted by Crippen LogP contribution is 2.09. The van der Waals surface area contributed by atoms with E-state index >= 15 is 0 Å². The Bertz CT molecular complexity index is 212. The van der Waals surface area contributed by atoms with Crippen molar-refractivity contribution in [3.8, 4) is 0 Å². The molecule has 0 aromatic carbocycles. The summed E-state index contributed by atoms with van der Waals surface area (Å²) in [6.07, 6.45) is 1.94. The largest absolute Gasteiger partial charge is 0.358 e. The van der Waals surface area contributed by atoms with Gasteiger partial charge in [-0.3, -0.25) is 9.59 Å². The van der Waals surface area contributed by atoms with Gasteiger partial charge in [-0.25, -0.2) is 0 Å². The fraction of sp³-hybridized carbons (Fsp3) is 0.778. The smallest absolute Gasteiger partial charge is 0.239 e. The summed E-state index contributed by atoms with van der Waals surface area (Å²) >= 11 is 0. The molecule has 0 aliphatic carbocycles. The van der Waals surface area contributed by atoms with Crippen LogP contribution in [0, 0.1) is 5.92 Å². The van der Waals surface area contributed by atoms with E-state index in [0.29, 0.717) is 0 Å². The van der Waals surface area contributed by atoms with Crippen LogP contribution in [0.25, 0.3) is 0 Å². The zero-order valence-electron chi connectivity index (χ0n) is 8.43. The van der Waals surface area contributed by atoms with E-state index in [4.69, 9.17) is 0 Å². The van der Waals surface area contributed by atoms with E-state index < -0.39 is 0 Å². The SMILES string of the molecule is CNC(=O)CNC(=O)[C@H]1CCCNC1.